The number of aryl methyl sites for hydroxylation is 1. The van der Waals surface area contributed by atoms with Gasteiger partial charge >= 0.3 is 0 Å². The van der Waals surface area contributed by atoms with Gasteiger partial charge in [0.1, 0.15) is 5.78 Å². The first-order chi connectivity index (χ1) is 15.0. The van der Waals surface area contributed by atoms with Crippen LogP contribution in [0.25, 0.3) is 0 Å². The molecule has 1 aromatic rings. The van der Waals surface area contributed by atoms with E-state index in [1.54, 1.807) is 0 Å². The second kappa shape index (κ2) is 10.0. The normalized spacial score (nSPS) is 30.2. The third kappa shape index (κ3) is 5.00. The molecule has 5 atom stereocenters. The van der Waals surface area contributed by atoms with Gasteiger partial charge in [-0.05, 0) is 62.1 Å². The molecular weight excluding hydrogens is 428 g/mol. The lowest BCUT2D eigenvalue weighted by atomic mass is 9.80. The molecule has 5 nitrogen and oxygen atoms in total. The van der Waals surface area contributed by atoms with E-state index < -0.39 is 23.9 Å². The molecule has 2 unspecified atom stereocenters. The van der Waals surface area contributed by atoms with Crippen LogP contribution < -0.4 is 10.6 Å². The molecule has 0 radical (unpaired) electrons. The number of hydrogen-bond acceptors (Lipinski definition) is 6. The summed E-state index contributed by atoms with van der Waals surface area (Å²) >= 11 is 9.37. The van der Waals surface area contributed by atoms with E-state index in [0.717, 1.165) is 25.7 Å². The number of ketones is 2. The SMILES string of the molecule is O=C(CCC[C@H]1CCc2ccccc2C1)C1C(=S)CN[C@@H]1C(=O)C1CCN[C@@H]1C(=O)S. The summed E-state index contributed by atoms with van der Waals surface area (Å²) in [7, 11) is 0. The van der Waals surface area contributed by atoms with Crippen LogP contribution in [0.1, 0.15) is 43.2 Å². The number of thiocarbonyl (C=S) groups is 1. The molecule has 0 saturated carbocycles. The third-order valence-corrected chi connectivity index (χ3v) is 7.84. The lowest BCUT2D eigenvalue weighted by Gasteiger charge is -2.25. The summed E-state index contributed by atoms with van der Waals surface area (Å²) in [5, 5.41) is 5.87. The lowest BCUT2D eigenvalue weighted by Crippen LogP contribution is -2.47. The van der Waals surface area contributed by atoms with Crippen molar-refractivity contribution in [3.8, 4) is 0 Å². The highest BCUT2D eigenvalue weighted by Crippen LogP contribution is 2.30. The van der Waals surface area contributed by atoms with Crippen LogP contribution in [0.15, 0.2) is 24.3 Å². The van der Waals surface area contributed by atoms with Crippen molar-refractivity contribution < 1.29 is 14.4 Å². The Morgan fingerprint density at radius 3 is 2.61 bits per heavy atom. The predicted octanol–water partition coefficient (Wildman–Crippen LogP) is 2.49. The number of thiol groups is 1. The van der Waals surface area contributed by atoms with Crippen molar-refractivity contribution in [2.45, 2.75) is 57.0 Å². The molecule has 1 aromatic carbocycles. The van der Waals surface area contributed by atoms with Gasteiger partial charge in [0, 0.05) is 23.7 Å². The average Bonchev–Trinajstić information content (AvgIpc) is 3.40. The monoisotopic (exact) mass is 458 g/mol. The third-order valence-electron chi connectivity index (χ3n) is 7.17. The number of fused-ring (bicyclic) bond motifs is 1. The van der Waals surface area contributed by atoms with Gasteiger partial charge < -0.3 is 10.6 Å². The van der Waals surface area contributed by atoms with E-state index >= 15 is 0 Å². The molecule has 7 heteroatoms. The Balaban J connectivity index is 1.32. The Bertz CT molecular complexity index is 887. The molecule has 166 valence electrons. The fourth-order valence-corrected chi connectivity index (χ4v) is 6.12. The molecule has 2 N–H and O–H groups in total. The first-order valence-electron chi connectivity index (χ1n) is 11.3. The van der Waals surface area contributed by atoms with E-state index in [9.17, 15) is 14.4 Å². The quantitative estimate of drug-likeness (QED) is 0.411. The minimum atomic E-state index is -0.610. The molecule has 2 heterocycles. The molecule has 0 bridgehead atoms. The van der Waals surface area contributed by atoms with Gasteiger partial charge in [-0.3, -0.25) is 14.4 Å². The van der Waals surface area contributed by atoms with Crippen LogP contribution in [0.4, 0.5) is 0 Å². The second-order valence-corrected chi connectivity index (χ2v) is 10.1. The zero-order valence-electron chi connectivity index (χ0n) is 17.6. The molecule has 2 fully saturated rings. The van der Waals surface area contributed by atoms with Gasteiger partial charge in [0.2, 0.25) is 5.12 Å². The van der Waals surface area contributed by atoms with E-state index in [1.807, 2.05) is 0 Å². The molecule has 0 spiro atoms. The largest absolute Gasteiger partial charge is 0.306 e. The number of carbonyl (C=O) groups is 3. The summed E-state index contributed by atoms with van der Waals surface area (Å²) in [4.78, 5) is 38.6. The van der Waals surface area contributed by atoms with Crippen molar-refractivity contribution in [3.05, 3.63) is 35.4 Å². The summed E-state index contributed by atoms with van der Waals surface area (Å²) in [5.74, 6) is -0.406. The number of Topliss-reactive ketones (excluding diaryl/α,β-unsaturated/α-hetero) is 2. The Hall–Kier alpha value is -1.41. The summed E-state index contributed by atoms with van der Waals surface area (Å²) in [6.07, 6.45) is 6.26. The molecule has 1 aliphatic carbocycles. The van der Waals surface area contributed by atoms with Gasteiger partial charge in [-0.15, -0.1) is 12.6 Å². The van der Waals surface area contributed by atoms with Crippen molar-refractivity contribution in [3.63, 3.8) is 0 Å². The van der Waals surface area contributed by atoms with Crippen molar-refractivity contribution in [2.24, 2.45) is 17.8 Å². The van der Waals surface area contributed by atoms with Crippen LogP contribution in [0.3, 0.4) is 0 Å². The fraction of sp³-hybridized carbons (Fsp3) is 0.583. The van der Waals surface area contributed by atoms with Crippen molar-refractivity contribution in [1.82, 2.24) is 10.6 Å². The molecule has 0 amide bonds. The van der Waals surface area contributed by atoms with Gasteiger partial charge in [0.05, 0.1) is 18.0 Å². The van der Waals surface area contributed by atoms with Gasteiger partial charge in [-0.25, -0.2) is 0 Å². The molecule has 2 saturated heterocycles. The zero-order chi connectivity index (χ0) is 22.0. The first-order valence-corrected chi connectivity index (χ1v) is 12.2. The van der Waals surface area contributed by atoms with E-state index in [1.165, 1.54) is 17.5 Å². The Morgan fingerprint density at radius 2 is 1.84 bits per heavy atom. The number of rotatable bonds is 8. The lowest BCUT2D eigenvalue weighted by molar-refractivity contribution is -0.131. The summed E-state index contributed by atoms with van der Waals surface area (Å²) < 4.78 is 0. The maximum Gasteiger partial charge on any atom is 0.203 e. The number of benzene rings is 1. The van der Waals surface area contributed by atoms with Gasteiger partial charge in [0.15, 0.2) is 5.78 Å². The van der Waals surface area contributed by atoms with E-state index in [4.69, 9.17) is 12.2 Å². The van der Waals surface area contributed by atoms with Gasteiger partial charge in [0.25, 0.3) is 0 Å². The maximum absolute atomic E-state index is 13.2. The molecule has 2 aliphatic heterocycles. The topological polar surface area (TPSA) is 75.3 Å². The minimum Gasteiger partial charge on any atom is -0.306 e. The predicted molar refractivity (Wildman–Crippen MR) is 128 cm³/mol. The second-order valence-electron chi connectivity index (χ2n) is 9.11. The first kappa shape index (κ1) is 22.8. The highest BCUT2D eigenvalue weighted by atomic mass is 32.1. The fourth-order valence-electron chi connectivity index (χ4n) is 5.49. The molecule has 3 aliphatic rings. The van der Waals surface area contributed by atoms with Crippen LogP contribution in [0, 0.1) is 17.8 Å². The molecule has 4 rings (SSSR count). The smallest absolute Gasteiger partial charge is 0.203 e. The number of nitrogens with one attached hydrogen (secondary N) is 2. The van der Waals surface area contributed by atoms with Crippen LogP contribution in [0.2, 0.25) is 0 Å². The Labute approximate surface area is 194 Å². The van der Waals surface area contributed by atoms with Crippen molar-refractivity contribution in [2.75, 3.05) is 13.1 Å². The maximum atomic E-state index is 13.2. The zero-order valence-corrected chi connectivity index (χ0v) is 19.4. The average molecular weight is 459 g/mol. The summed E-state index contributed by atoms with van der Waals surface area (Å²) in [5.41, 5.74) is 2.90. The van der Waals surface area contributed by atoms with Crippen LogP contribution in [-0.4, -0.2) is 46.7 Å². The molecule has 31 heavy (non-hydrogen) atoms. The van der Waals surface area contributed by atoms with Crippen LogP contribution >= 0.6 is 24.8 Å². The van der Waals surface area contributed by atoms with Crippen LogP contribution in [-0.2, 0) is 27.2 Å². The van der Waals surface area contributed by atoms with E-state index in [-0.39, 0.29) is 16.7 Å². The van der Waals surface area contributed by atoms with E-state index in [0.29, 0.717) is 36.7 Å². The van der Waals surface area contributed by atoms with Gasteiger partial charge in [-0.2, -0.15) is 0 Å². The summed E-state index contributed by atoms with van der Waals surface area (Å²) in [6.45, 7) is 1.01. The minimum absolute atomic E-state index is 0.0595. The Morgan fingerprint density at radius 1 is 1.06 bits per heavy atom. The number of carbonyl (C=O) groups excluding carboxylic acids is 3. The highest BCUT2D eigenvalue weighted by Gasteiger charge is 2.46. The van der Waals surface area contributed by atoms with Crippen LogP contribution in [0.5, 0.6) is 0 Å². The summed E-state index contributed by atoms with van der Waals surface area (Å²) in [6, 6.07) is 7.45. The van der Waals surface area contributed by atoms with Gasteiger partial charge in [-0.1, -0.05) is 36.5 Å². The van der Waals surface area contributed by atoms with Crippen molar-refractivity contribution in [1.29, 1.82) is 0 Å². The Kier molecular flexibility index (Phi) is 7.37. The van der Waals surface area contributed by atoms with Crippen molar-refractivity contribution >= 4 is 46.4 Å². The van der Waals surface area contributed by atoms with E-state index in [2.05, 4.69) is 47.5 Å². The number of hydrogen-bond donors (Lipinski definition) is 3. The molecule has 0 aromatic heterocycles. The standard InChI is InChI=1S/C24H30N2O3S2/c27-18(7-3-4-14-8-9-15-5-1-2-6-16(15)12-14)20-19(30)13-26-22(20)23(28)17-10-11-25-21(17)24(29)31/h1-2,5-6,14,17,20-22,25-26H,3-4,7-13H2,(H,29,31)/t14-,17?,20?,21-,22-/m0/s1. The highest BCUT2D eigenvalue weighted by molar-refractivity contribution is 7.96. The molecular formula is C24H30N2O3S2.